The van der Waals surface area contributed by atoms with Gasteiger partial charge in [-0.3, -0.25) is 14.7 Å². The van der Waals surface area contributed by atoms with Crippen LogP contribution in [-0.4, -0.2) is 56.5 Å². The molecule has 2 aromatic heterocycles. The second-order valence-electron chi connectivity index (χ2n) is 7.53. The van der Waals surface area contributed by atoms with Gasteiger partial charge in [-0.2, -0.15) is 5.10 Å². The number of imidazole rings is 1. The van der Waals surface area contributed by atoms with Crippen LogP contribution in [0.4, 0.5) is 0 Å². The number of fused-ring (bicyclic) bond motifs is 2. The number of para-hydroxylation sites is 1. The van der Waals surface area contributed by atoms with Gasteiger partial charge in [0, 0.05) is 37.0 Å². The van der Waals surface area contributed by atoms with E-state index in [1.54, 1.807) is 12.1 Å². The van der Waals surface area contributed by atoms with Crippen LogP contribution in [0.15, 0.2) is 42.5 Å². The number of aromatic nitrogens is 4. The number of likely N-dealkylation sites (tertiary alicyclic amines) is 1. The maximum absolute atomic E-state index is 12.5. The number of carbonyl (C=O) groups is 2. The van der Waals surface area contributed by atoms with Gasteiger partial charge in [0.15, 0.2) is 5.82 Å². The molecule has 3 N–H and O–H groups in total. The van der Waals surface area contributed by atoms with Crippen LogP contribution in [0.2, 0.25) is 0 Å². The Morgan fingerprint density at radius 3 is 2.93 bits per heavy atom. The lowest BCUT2D eigenvalue weighted by atomic mass is 10.2. The van der Waals surface area contributed by atoms with Crippen LogP contribution >= 0.6 is 0 Å². The van der Waals surface area contributed by atoms with Crippen molar-refractivity contribution in [1.29, 1.82) is 0 Å². The Labute approximate surface area is 172 Å². The summed E-state index contributed by atoms with van der Waals surface area (Å²) in [6.07, 6.45) is 2.33. The molecular formula is C22H22N6O2. The highest BCUT2D eigenvalue weighted by molar-refractivity contribution is 5.98. The normalized spacial score (nSPS) is 14.1. The third-order valence-electron chi connectivity index (χ3n) is 5.50. The van der Waals surface area contributed by atoms with Crippen molar-refractivity contribution in [2.24, 2.45) is 0 Å². The molecule has 2 amide bonds. The monoisotopic (exact) mass is 402 g/mol. The minimum Gasteiger partial charge on any atom is -0.352 e. The SMILES string of the molecule is O=C(NCCCN1CCCC1=O)c1ccc2nc(-c3n[nH]c4ccccc34)[nH]c2c1. The second-order valence-corrected chi connectivity index (χ2v) is 7.53. The molecule has 152 valence electrons. The largest absolute Gasteiger partial charge is 0.352 e. The number of rotatable bonds is 6. The first-order chi connectivity index (χ1) is 14.7. The molecule has 0 atom stereocenters. The van der Waals surface area contributed by atoms with Crippen molar-refractivity contribution in [3.8, 4) is 11.5 Å². The molecular weight excluding hydrogens is 380 g/mol. The Morgan fingerprint density at radius 2 is 2.07 bits per heavy atom. The zero-order chi connectivity index (χ0) is 20.5. The summed E-state index contributed by atoms with van der Waals surface area (Å²) in [6.45, 7) is 2.06. The van der Waals surface area contributed by atoms with Crippen molar-refractivity contribution in [2.75, 3.05) is 19.6 Å². The molecule has 0 radical (unpaired) electrons. The first-order valence-corrected chi connectivity index (χ1v) is 10.2. The van der Waals surface area contributed by atoms with E-state index in [-0.39, 0.29) is 11.8 Å². The van der Waals surface area contributed by atoms with Crippen molar-refractivity contribution in [1.82, 2.24) is 30.4 Å². The minimum atomic E-state index is -0.133. The summed E-state index contributed by atoms with van der Waals surface area (Å²) in [4.78, 5) is 33.9. The summed E-state index contributed by atoms with van der Waals surface area (Å²) in [5.74, 6) is 0.743. The molecule has 0 unspecified atom stereocenters. The summed E-state index contributed by atoms with van der Waals surface area (Å²) in [6, 6.07) is 13.3. The molecule has 8 nitrogen and oxygen atoms in total. The third kappa shape index (κ3) is 3.41. The van der Waals surface area contributed by atoms with Gasteiger partial charge in [0.1, 0.15) is 5.69 Å². The summed E-state index contributed by atoms with van der Waals surface area (Å²) >= 11 is 0. The molecule has 4 aromatic rings. The fourth-order valence-corrected chi connectivity index (χ4v) is 3.92. The van der Waals surface area contributed by atoms with Gasteiger partial charge in [-0.1, -0.05) is 18.2 Å². The van der Waals surface area contributed by atoms with Crippen molar-refractivity contribution >= 4 is 33.8 Å². The van der Waals surface area contributed by atoms with E-state index in [4.69, 9.17) is 0 Å². The highest BCUT2D eigenvalue weighted by Gasteiger charge is 2.19. The maximum atomic E-state index is 12.5. The average molecular weight is 402 g/mol. The van der Waals surface area contributed by atoms with Crippen LogP contribution in [0.1, 0.15) is 29.6 Å². The summed E-state index contributed by atoms with van der Waals surface area (Å²) in [5, 5.41) is 11.3. The summed E-state index contributed by atoms with van der Waals surface area (Å²) in [7, 11) is 0. The number of hydrogen-bond acceptors (Lipinski definition) is 4. The standard InChI is InChI=1S/C22H22N6O2/c29-19-7-3-11-28(19)12-4-10-23-22(30)14-8-9-17-18(13-14)25-21(24-17)20-15-5-1-2-6-16(15)26-27-20/h1-2,5-6,8-9,13H,3-4,7,10-12H2,(H,23,30)(H,24,25)(H,26,27). The van der Waals surface area contributed by atoms with Gasteiger partial charge >= 0.3 is 0 Å². The Hall–Kier alpha value is -3.68. The van der Waals surface area contributed by atoms with Crippen molar-refractivity contribution < 1.29 is 9.59 Å². The number of benzene rings is 2. The first-order valence-electron chi connectivity index (χ1n) is 10.2. The fourth-order valence-electron chi connectivity index (χ4n) is 3.92. The molecule has 0 aliphatic carbocycles. The van der Waals surface area contributed by atoms with E-state index in [0.717, 1.165) is 47.0 Å². The van der Waals surface area contributed by atoms with Gasteiger partial charge in [0.25, 0.3) is 5.91 Å². The van der Waals surface area contributed by atoms with E-state index >= 15 is 0 Å². The molecule has 1 aliphatic heterocycles. The molecule has 0 saturated carbocycles. The summed E-state index contributed by atoms with van der Waals surface area (Å²) in [5.41, 5.74) is 3.84. The molecule has 0 spiro atoms. The van der Waals surface area contributed by atoms with Crippen molar-refractivity contribution in [3.63, 3.8) is 0 Å². The predicted octanol–water partition coefficient (Wildman–Crippen LogP) is 2.85. The molecule has 30 heavy (non-hydrogen) atoms. The van der Waals surface area contributed by atoms with Gasteiger partial charge in [0.05, 0.1) is 16.6 Å². The van der Waals surface area contributed by atoms with Gasteiger partial charge in [-0.05, 0) is 37.1 Å². The van der Waals surface area contributed by atoms with Gasteiger partial charge < -0.3 is 15.2 Å². The van der Waals surface area contributed by atoms with E-state index in [0.29, 0.717) is 30.9 Å². The van der Waals surface area contributed by atoms with Crippen molar-refractivity contribution in [3.05, 3.63) is 48.0 Å². The zero-order valence-electron chi connectivity index (χ0n) is 16.4. The highest BCUT2D eigenvalue weighted by Crippen LogP contribution is 2.26. The van der Waals surface area contributed by atoms with Crippen LogP contribution in [0.5, 0.6) is 0 Å². The topological polar surface area (TPSA) is 107 Å². The van der Waals surface area contributed by atoms with Crippen LogP contribution < -0.4 is 5.32 Å². The van der Waals surface area contributed by atoms with Crippen molar-refractivity contribution in [2.45, 2.75) is 19.3 Å². The molecule has 8 heteroatoms. The third-order valence-corrected chi connectivity index (χ3v) is 5.50. The summed E-state index contributed by atoms with van der Waals surface area (Å²) < 4.78 is 0. The lowest BCUT2D eigenvalue weighted by Gasteiger charge is -2.15. The molecule has 5 rings (SSSR count). The quantitative estimate of drug-likeness (QED) is 0.431. The first kappa shape index (κ1) is 18.4. The zero-order valence-corrected chi connectivity index (χ0v) is 16.4. The smallest absolute Gasteiger partial charge is 0.251 e. The Balaban J connectivity index is 1.28. The molecule has 0 bridgehead atoms. The lowest BCUT2D eigenvalue weighted by Crippen LogP contribution is -2.30. The molecule has 2 aromatic carbocycles. The Bertz CT molecular complexity index is 1240. The maximum Gasteiger partial charge on any atom is 0.251 e. The molecule has 1 fully saturated rings. The average Bonchev–Trinajstić information content (AvgIpc) is 3.48. The molecule has 3 heterocycles. The number of amides is 2. The highest BCUT2D eigenvalue weighted by atomic mass is 16.2. The fraction of sp³-hybridized carbons (Fsp3) is 0.273. The lowest BCUT2D eigenvalue weighted by molar-refractivity contribution is -0.127. The number of aromatic amines is 2. The predicted molar refractivity (Wildman–Crippen MR) is 114 cm³/mol. The van der Waals surface area contributed by atoms with Gasteiger partial charge in [-0.25, -0.2) is 4.98 Å². The number of H-pyrrole nitrogens is 2. The van der Waals surface area contributed by atoms with Gasteiger partial charge in [-0.15, -0.1) is 0 Å². The van der Waals surface area contributed by atoms with E-state index in [1.165, 1.54) is 0 Å². The minimum absolute atomic E-state index is 0.133. The van der Waals surface area contributed by atoms with Crippen LogP contribution in [0, 0.1) is 0 Å². The van der Waals surface area contributed by atoms with Crippen LogP contribution in [-0.2, 0) is 4.79 Å². The number of hydrogen-bond donors (Lipinski definition) is 3. The van der Waals surface area contributed by atoms with Gasteiger partial charge in [0.2, 0.25) is 5.91 Å². The number of nitrogens with zero attached hydrogens (tertiary/aromatic N) is 3. The van der Waals surface area contributed by atoms with Crippen LogP contribution in [0.3, 0.4) is 0 Å². The molecule has 1 saturated heterocycles. The van der Waals surface area contributed by atoms with E-state index in [9.17, 15) is 9.59 Å². The number of nitrogens with one attached hydrogen (secondary N) is 3. The Kier molecular flexibility index (Phi) is 4.66. The van der Waals surface area contributed by atoms with E-state index < -0.39 is 0 Å². The molecule has 1 aliphatic rings. The Morgan fingerprint density at radius 1 is 1.17 bits per heavy atom. The second kappa shape index (κ2) is 7.62. The van der Waals surface area contributed by atoms with E-state index in [1.807, 2.05) is 35.2 Å². The van der Waals surface area contributed by atoms with Crippen LogP contribution in [0.25, 0.3) is 33.5 Å². The number of carbonyl (C=O) groups excluding carboxylic acids is 2. The van der Waals surface area contributed by atoms with E-state index in [2.05, 4.69) is 25.5 Å².